The Hall–Kier alpha value is -2.61. The van der Waals surface area contributed by atoms with Gasteiger partial charge in [0, 0.05) is 31.6 Å². The van der Waals surface area contributed by atoms with Gasteiger partial charge in [0.1, 0.15) is 16.4 Å². The highest BCUT2D eigenvalue weighted by Crippen LogP contribution is 2.24. The van der Waals surface area contributed by atoms with E-state index in [-0.39, 0.29) is 17.9 Å². The highest BCUT2D eigenvalue weighted by molar-refractivity contribution is 7.13. The summed E-state index contributed by atoms with van der Waals surface area (Å²) in [4.78, 5) is 34.4. The zero-order valence-electron chi connectivity index (χ0n) is 18.1. The number of ether oxygens (including phenoxy) is 2. The Bertz CT molecular complexity index is 881. The van der Waals surface area contributed by atoms with E-state index in [9.17, 15) is 9.59 Å². The molecular formula is C22H29N3O4S. The number of piperazine rings is 1. The van der Waals surface area contributed by atoms with Crippen molar-refractivity contribution in [2.75, 3.05) is 26.7 Å². The van der Waals surface area contributed by atoms with Crippen molar-refractivity contribution >= 4 is 23.2 Å². The third-order valence-electron chi connectivity index (χ3n) is 5.15. The first kappa shape index (κ1) is 22.1. The molecule has 162 valence electrons. The Balaban J connectivity index is 1.57. The summed E-state index contributed by atoms with van der Waals surface area (Å²) in [5, 5.41) is 0.962. The van der Waals surface area contributed by atoms with E-state index in [1.165, 1.54) is 11.3 Å². The summed E-state index contributed by atoms with van der Waals surface area (Å²) in [6, 6.07) is 7.07. The number of aromatic nitrogens is 1. The van der Waals surface area contributed by atoms with Gasteiger partial charge in [0.25, 0.3) is 11.8 Å². The first-order chi connectivity index (χ1) is 14.3. The van der Waals surface area contributed by atoms with Crippen molar-refractivity contribution in [3.8, 4) is 11.5 Å². The van der Waals surface area contributed by atoms with Gasteiger partial charge in [0.2, 0.25) is 0 Å². The van der Waals surface area contributed by atoms with E-state index >= 15 is 0 Å². The maximum atomic E-state index is 12.9. The van der Waals surface area contributed by atoms with Gasteiger partial charge in [-0.1, -0.05) is 13.8 Å². The number of amides is 2. The fourth-order valence-electron chi connectivity index (χ4n) is 3.42. The van der Waals surface area contributed by atoms with Crippen LogP contribution in [0.15, 0.2) is 30.5 Å². The van der Waals surface area contributed by atoms with Gasteiger partial charge in [0.15, 0.2) is 6.10 Å². The molecule has 0 bridgehead atoms. The van der Waals surface area contributed by atoms with Crippen molar-refractivity contribution in [3.63, 3.8) is 0 Å². The monoisotopic (exact) mass is 431 g/mol. The number of thiazole rings is 1. The summed E-state index contributed by atoms with van der Waals surface area (Å²) in [5.74, 6) is 1.56. The smallest absolute Gasteiger partial charge is 0.265 e. The van der Waals surface area contributed by atoms with Crippen LogP contribution < -0.4 is 9.47 Å². The third-order valence-corrected chi connectivity index (χ3v) is 6.43. The number of hydrogen-bond acceptors (Lipinski definition) is 6. The minimum absolute atomic E-state index is 0.0125. The number of benzene rings is 1. The molecule has 30 heavy (non-hydrogen) atoms. The standard InChI is InChI=1S/C22H29N3O4S/c1-14(2)20-23-12-19(30-20)22(27)25-11-10-24(13-15(25)3)21(26)16(4)29-18-8-6-17(28-5)7-9-18/h6-9,12,14-16H,10-11,13H2,1-5H3. The van der Waals surface area contributed by atoms with Gasteiger partial charge in [-0.05, 0) is 38.1 Å². The van der Waals surface area contributed by atoms with Gasteiger partial charge in [-0.3, -0.25) is 9.59 Å². The molecule has 1 saturated heterocycles. The van der Waals surface area contributed by atoms with Crippen LogP contribution in [-0.2, 0) is 4.79 Å². The van der Waals surface area contributed by atoms with Crippen LogP contribution in [0.1, 0.15) is 48.3 Å². The average Bonchev–Trinajstić information content (AvgIpc) is 3.24. The quantitative estimate of drug-likeness (QED) is 0.701. The molecule has 1 aromatic carbocycles. The summed E-state index contributed by atoms with van der Waals surface area (Å²) in [5.41, 5.74) is 0. The Morgan fingerprint density at radius 1 is 1.13 bits per heavy atom. The zero-order chi connectivity index (χ0) is 21.8. The van der Waals surface area contributed by atoms with Crippen molar-refractivity contribution in [2.24, 2.45) is 0 Å². The van der Waals surface area contributed by atoms with Gasteiger partial charge < -0.3 is 19.3 Å². The SMILES string of the molecule is COc1ccc(OC(C)C(=O)N2CCN(C(=O)c3cnc(C(C)C)s3)C(C)C2)cc1. The maximum Gasteiger partial charge on any atom is 0.265 e. The van der Waals surface area contributed by atoms with Crippen LogP contribution in [0.4, 0.5) is 0 Å². The van der Waals surface area contributed by atoms with Crippen LogP contribution in [0, 0.1) is 0 Å². The highest BCUT2D eigenvalue weighted by Gasteiger charge is 2.33. The second kappa shape index (κ2) is 9.47. The lowest BCUT2D eigenvalue weighted by atomic mass is 10.1. The fourth-order valence-corrected chi connectivity index (χ4v) is 4.30. The summed E-state index contributed by atoms with van der Waals surface area (Å²) in [6.45, 7) is 9.31. The lowest BCUT2D eigenvalue weighted by Crippen LogP contribution is -2.57. The second-order valence-electron chi connectivity index (χ2n) is 7.78. The van der Waals surface area contributed by atoms with E-state index in [1.54, 1.807) is 49.4 Å². The van der Waals surface area contributed by atoms with Gasteiger partial charge in [-0.2, -0.15) is 0 Å². The lowest BCUT2D eigenvalue weighted by molar-refractivity contribution is -0.140. The molecule has 7 nitrogen and oxygen atoms in total. The summed E-state index contributed by atoms with van der Waals surface area (Å²) in [7, 11) is 1.60. The molecule has 2 atom stereocenters. The van der Waals surface area contributed by atoms with Gasteiger partial charge in [-0.15, -0.1) is 11.3 Å². The first-order valence-electron chi connectivity index (χ1n) is 10.2. The molecule has 1 aliphatic heterocycles. The molecule has 2 heterocycles. The summed E-state index contributed by atoms with van der Waals surface area (Å²) in [6.07, 6.45) is 1.06. The highest BCUT2D eigenvalue weighted by atomic mass is 32.1. The Kier molecular flexibility index (Phi) is 6.97. The Labute approximate surface area is 181 Å². The molecule has 2 amide bonds. The minimum Gasteiger partial charge on any atom is -0.497 e. The topological polar surface area (TPSA) is 72.0 Å². The number of methoxy groups -OCH3 is 1. The fraction of sp³-hybridized carbons (Fsp3) is 0.500. The molecule has 1 aromatic heterocycles. The molecule has 2 unspecified atom stereocenters. The lowest BCUT2D eigenvalue weighted by Gasteiger charge is -2.40. The van der Waals surface area contributed by atoms with E-state index in [0.717, 1.165) is 10.8 Å². The molecule has 1 aliphatic rings. The second-order valence-corrected chi connectivity index (χ2v) is 8.85. The average molecular weight is 432 g/mol. The molecule has 2 aromatic rings. The molecule has 0 aliphatic carbocycles. The van der Waals surface area contributed by atoms with Crippen LogP contribution >= 0.6 is 11.3 Å². The first-order valence-corrected chi connectivity index (χ1v) is 11.0. The number of carbonyl (C=O) groups is 2. The van der Waals surface area contributed by atoms with Crippen LogP contribution in [0.5, 0.6) is 11.5 Å². The van der Waals surface area contributed by atoms with Crippen molar-refractivity contribution < 1.29 is 19.1 Å². The van der Waals surface area contributed by atoms with Gasteiger partial charge in [0.05, 0.1) is 18.3 Å². The normalized spacial score (nSPS) is 17.7. The summed E-state index contributed by atoms with van der Waals surface area (Å²) >= 11 is 1.45. The Morgan fingerprint density at radius 2 is 1.80 bits per heavy atom. The molecule has 3 rings (SSSR count). The summed E-state index contributed by atoms with van der Waals surface area (Å²) < 4.78 is 10.9. The van der Waals surface area contributed by atoms with Gasteiger partial charge >= 0.3 is 0 Å². The van der Waals surface area contributed by atoms with Crippen molar-refractivity contribution in [1.29, 1.82) is 0 Å². The van der Waals surface area contributed by atoms with E-state index in [2.05, 4.69) is 18.8 Å². The molecule has 0 saturated carbocycles. The van der Waals surface area contributed by atoms with E-state index in [0.29, 0.717) is 36.2 Å². The Morgan fingerprint density at radius 3 is 2.37 bits per heavy atom. The molecular weight excluding hydrogens is 402 g/mol. The van der Waals surface area contributed by atoms with Crippen LogP contribution in [0.3, 0.4) is 0 Å². The van der Waals surface area contributed by atoms with Gasteiger partial charge in [-0.25, -0.2) is 4.98 Å². The molecule has 0 spiro atoms. The number of rotatable bonds is 6. The van der Waals surface area contributed by atoms with Crippen LogP contribution in [0.25, 0.3) is 0 Å². The van der Waals surface area contributed by atoms with Crippen molar-refractivity contribution in [1.82, 2.24) is 14.8 Å². The van der Waals surface area contributed by atoms with Crippen LogP contribution in [-0.4, -0.2) is 65.5 Å². The molecule has 0 radical (unpaired) electrons. The van der Waals surface area contributed by atoms with Crippen LogP contribution in [0.2, 0.25) is 0 Å². The number of nitrogens with zero attached hydrogens (tertiary/aromatic N) is 3. The van der Waals surface area contributed by atoms with E-state index < -0.39 is 6.10 Å². The van der Waals surface area contributed by atoms with E-state index in [4.69, 9.17) is 9.47 Å². The predicted molar refractivity (Wildman–Crippen MR) is 116 cm³/mol. The number of hydrogen-bond donors (Lipinski definition) is 0. The van der Waals surface area contributed by atoms with Crippen molar-refractivity contribution in [3.05, 3.63) is 40.3 Å². The molecule has 8 heteroatoms. The molecule has 1 fully saturated rings. The minimum atomic E-state index is -0.608. The van der Waals surface area contributed by atoms with E-state index in [1.807, 2.05) is 11.8 Å². The predicted octanol–water partition coefficient (Wildman–Crippen LogP) is 3.42. The zero-order valence-corrected chi connectivity index (χ0v) is 18.9. The molecule has 0 N–H and O–H groups in total. The third kappa shape index (κ3) is 4.92. The maximum absolute atomic E-state index is 12.9. The largest absolute Gasteiger partial charge is 0.497 e. The van der Waals surface area contributed by atoms with Crippen molar-refractivity contribution in [2.45, 2.75) is 45.8 Å². The number of carbonyl (C=O) groups excluding carboxylic acids is 2.